The summed E-state index contributed by atoms with van der Waals surface area (Å²) >= 11 is 13.0. The Balaban J connectivity index is 0.00000110. The summed E-state index contributed by atoms with van der Waals surface area (Å²) < 4.78 is 0. The minimum atomic E-state index is 0.500. The Bertz CT molecular complexity index is 295. The topological polar surface area (TPSA) is 9.72 Å². The van der Waals surface area contributed by atoms with Crippen LogP contribution in [0.1, 0.15) is 47.0 Å². The monoisotopic (exact) mass is 423 g/mol. The normalized spacial score (nSPS) is 22.7. The average Bonchev–Trinajstić information content (AvgIpc) is 3.29. The number of rotatable bonds is 12. The zero-order valence-corrected chi connectivity index (χ0v) is 21.0. The molecule has 1 aliphatic carbocycles. The Kier molecular flexibility index (Phi) is 14.5. The predicted molar refractivity (Wildman–Crippen MR) is 130 cm³/mol. The van der Waals surface area contributed by atoms with Gasteiger partial charge in [0.2, 0.25) is 0 Å². The van der Waals surface area contributed by atoms with E-state index in [2.05, 4.69) is 101 Å². The van der Waals surface area contributed by atoms with Crippen LogP contribution in [-0.4, -0.2) is 90.9 Å². The molecule has 0 N–H and O–H groups in total. The van der Waals surface area contributed by atoms with E-state index in [9.17, 15) is 0 Å². The number of hydrogen-bond acceptors (Lipinski definition) is 6. The number of hydrogen-bond donors (Lipinski definition) is 3. The second-order valence-corrected chi connectivity index (χ2v) is 10.5. The first kappa shape index (κ1) is 26.9. The van der Waals surface area contributed by atoms with Crippen molar-refractivity contribution in [3.63, 3.8) is 0 Å². The van der Waals surface area contributed by atoms with E-state index in [0.29, 0.717) is 23.5 Å². The molecule has 0 bridgehead atoms. The maximum atomic E-state index is 4.34. The molecule has 0 radical (unpaired) electrons. The largest absolute Gasteiger partial charge is 0.300 e. The van der Waals surface area contributed by atoms with Crippen molar-refractivity contribution in [2.45, 2.75) is 65.1 Å². The fourth-order valence-corrected chi connectivity index (χ4v) is 3.66. The Morgan fingerprint density at radius 1 is 0.577 bits per heavy atom. The lowest BCUT2D eigenvalue weighted by Gasteiger charge is -2.20. The molecule has 0 aromatic carbocycles. The summed E-state index contributed by atoms with van der Waals surface area (Å²) in [5.74, 6) is 2.91. The Hall–Kier alpha value is 0.930. The van der Waals surface area contributed by atoms with Gasteiger partial charge < -0.3 is 14.7 Å². The second kappa shape index (κ2) is 14.0. The van der Waals surface area contributed by atoms with Crippen LogP contribution in [0.4, 0.5) is 0 Å². The van der Waals surface area contributed by atoms with Crippen molar-refractivity contribution in [2.75, 3.05) is 58.0 Å². The van der Waals surface area contributed by atoms with E-state index in [1.807, 2.05) is 0 Å². The second-order valence-electron chi connectivity index (χ2n) is 9.15. The molecule has 0 amide bonds. The van der Waals surface area contributed by atoms with Crippen molar-refractivity contribution in [3.05, 3.63) is 0 Å². The van der Waals surface area contributed by atoms with Gasteiger partial charge >= 0.3 is 0 Å². The minimum absolute atomic E-state index is 0.500. The van der Waals surface area contributed by atoms with Crippen LogP contribution in [-0.2, 0) is 0 Å². The van der Waals surface area contributed by atoms with Crippen LogP contribution < -0.4 is 0 Å². The molecule has 1 fully saturated rings. The molecule has 0 spiro atoms. The van der Waals surface area contributed by atoms with E-state index < -0.39 is 0 Å². The van der Waals surface area contributed by atoms with Gasteiger partial charge in [-0.2, -0.15) is 37.9 Å². The summed E-state index contributed by atoms with van der Waals surface area (Å²) in [4.78, 5) is 7.58. The minimum Gasteiger partial charge on any atom is -0.300 e. The van der Waals surface area contributed by atoms with Gasteiger partial charge in [-0.1, -0.05) is 27.7 Å². The van der Waals surface area contributed by atoms with Gasteiger partial charge in [0.1, 0.15) is 0 Å². The number of nitrogens with zero attached hydrogens (tertiary/aromatic N) is 3. The lowest BCUT2D eigenvalue weighted by Crippen LogP contribution is -2.32. The van der Waals surface area contributed by atoms with E-state index in [4.69, 9.17) is 0 Å². The smallest absolute Gasteiger partial charge is 0.0435 e. The van der Waals surface area contributed by atoms with Crippen molar-refractivity contribution >= 4 is 37.9 Å². The van der Waals surface area contributed by atoms with Gasteiger partial charge in [0.05, 0.1) is 0 Å². The molecule has 0 aliphatic heterocycles. The highest BCUT2D eigenvalue weighted by Crippen LogP contribution is 2.37. The van der Waals surface area contributed by atoms with E-state index >= 15 is 0 Å². The summed E-state index contributed by atoms with van der Waals surface area (Å²) in [7, 11) is 6.79. The van der Waals surface area contributed by atoms with E-state index in [1.54, 1.807) is 0 Å². The molecule has 0 aromatic rings. The molecule has 0 unspecified atom stereocenters. The molecule has 6 heteroatoms. The lowest BCUT2D eigenvalue weighted by molar-refractivity contribution is 0.253. The first-order valence-corrected chi connectivity index (χ1v) is 11.9. The van der Waals surface area contributed by atoms with Gasteiger partial charge in [-0.25, -0.2) is 0 Å². The van der Waals surface area contributed by atoms with Crippen LogP contribution in [0.2, 0.25) is 0 Å². The van der Waals surface area contributed by atoms with E-state index in [1.165, 1.54) is 0 Å². The fraction of sp³-hybridized carbons (Fsp3) is 1.00. The van der Waals surface area contributed by atoms with Crippen molar-refractivity contribution in [3.8, 4) is 0 Å². The predicted octanol–water partition coefficient (Wildman–Crippen LogP) is 3.91. The van der Waals surface area contributed by atoms with Crippen LogP contribution in [0.15, 0.2) is 0 Å². The molecule has 0 aromatic heterocycles. The molecule has 1 rings (SSSR count). The van der Waals surface area contributed by atoms with Gasteiger partial charge in [-0.15, -0.1) is 0 Å². The maximum Gasteiger partial charge on any atom is 0.0435 e. The molecule has 26 heavy (non-hydrogen) atoms. The fourth-order valence-electron chi connectivity index (χ4n) is 3.24. The summed E-state index contributed by atoms with van der Waals surface area (Å²) in [5, 5.41) is 0. The third-order valence-corrected chi connectivity index (χ3v) is 5.39. The zero-order valence-electron chi connectivity index (χ0n) is 18.3. The lowest BCUT2D eigenvalue weighted by atomic mass is 10.0. The highest BCUT2D eigenvalue weighted by molar-refractivity contribution is 7.80. The highest BCUT2D eigenvalue weighted by Gasteiger charge is 2.56. The molecular weight excluding hydrogens is 378 g/mol. The van der Waals surface area contributed by atoms with Crippen LogP contribution >= 0.6 is 37.9 Å². The van der Waals surface area contributed by atoms with Crippen LogP contribution in [0.25, 0.3) is 0 Å². The zero-order chi connectivity index (χ0) is 20.3. The van der Waals surface area contributed by atoms with Crippen molar-refractivity contribution in [1.29, 1.82) is 0 Å². The molecule has 1 saturated carbocycles. The maximum absolute atomic E-state index is 4.34. The Labute approximate surface area is 180 Å². The van der Waals surface area contributed by atoms with Crippen molar-refractivity contribution < 1.29 is 0 Å². The number of likely N-dealkylation sites (N-methyl/N-ethyl adjacent to an activating group) is 3. The van der Waals surface area contributed by atoms with Crippen LogP contribution in [0, 0.1) is 5.41 Å². The van der Waals surface area contributed by atoms with Gasteiger partial charge in [0, 0.05) is 18.1 Å². The molecule has 0 heterocycles. The van der Waals surface area contributed by atoms with E-state index in [-0.39, 0.29) is 0 Å². The third-order valence-electron chi connectivity index (χ3n) is 4.44. The Morgan fingerprint density at radius 3 is 0.923 bits per heavy atom. The Morgan fingerprint density at radius 2 is 0.769 bits per heavy atom. The summed E-state index contributed by atoms with van der Waals surface area (Å²) in [6.45, 7) is 12.2. The standard InChI is InChI=1S/C15H33N3S3.C5H12/c1-16(7-4-10-19)13-14(17(2)8-5-11-20)15(13)18(3)9-6-12-21;1-5(2,3)4/h13-15,19-21H,4-12H2,1-3H3;1-4H3. The summed E-state index contributed by atoms with van der Waals surface area (Å²) in [6.07, 6.45) is 3.49. The SMILES string of the molecule is CC(C)(C)C.CN(CCCS)C1C(N(C)CCCS)C1N(C)CCCS. The molecule has 0 saturated heterocycles. The molecule has 1 aliphatic rings. The first-order valence-electron chi connectivity index (χ1n) is 10.0. The number of thiol groups is 3. The van der Waals surface area contributed by atoms with Gasteiger partial charge in [0.15, 0.2) is 0 Å². The first-order chi connectivity index (χ1) is 12.1. The van der Waals surface area contributed by atoms with Gasteiger partial charge in [-0.3, -0.25) is 0 Å². The molecule has 3 nitrogen and oxygen atoms in total. The van der Waals surface area contributed by atoms with Crippen LogP contribution in [0.3, 0.4) is 0 Å². The third kappa shape index (κ3) is 11.7. The van der Waals surface area contributed by atoms with Gasteiger partial charge in [0.25, 0.3) is 0 Å². The van der Waals surface area contributed by atoms with Gasteiger partial charge in [-0.05, 0) is 82.7 Å². The average molecular weight is 424 g/mol. The molecule has 0 atom stereocenters. The van der Waals surface area contributed by atoms with Crippen LogP contribution in [0.5, 0.6) is 0 Å². The van der Waals surface area contributed by atoms with Crippen molar-refractivity contribution in [1.82, 2.24) is 14.7 Å². The summed E-state index contributed by atoms with van der Waals surface area (Å²) in [5.41, 5.74) is 0.500. The quantitative estimate of drug-likeness (QED) is 0.411. The van der Waals surface area contributed by atoms with Crippen molar-refractivity contribution in [2.24, 2.45) is 5.41 Å². The molecule has 158 valence electrons. The summed E-state index contributed by atoms with van der Waals surface area (Å²) in [6, 6.07) is 1.96. The highest BCUT2D eigenvalue weighted by atomic mass is 32.1. The van der Waals surface area contributed by atoms with E-state index in [0.717, 1.165) is 56.2 Å². The molecular formula is C20H45N3S3.